The molecule has 156 valence electrons. The number of hydrogen-bond acceptors (Lipinski definition) is 5. The number of ether oxygens (including phenoxy) is 3. The predicted octanol–water partition coefficient (Wildman–Crippen LogP) is 3.89. The van der Waals surface area contributed by atoms with Crippen LogP contribution in [0.25, 0.3) is 6.08 Å². The van der Waals surface area contributed by atoms with Gasteiger partial charge in [-0.1, -0.05) is 35.9 Å². The highest BCUT2D eigenvalue weighted by molar-refractivity contribution is 6.16. The largest absolute Gasteiger partial charge is 0.493 e. The van der Waals surface area contributed by atoms with Crippen LogP contribution in [0.2, 0.25) is 0 Å². The molecule has 2 aromatic carbocycles. The van der Waals surface area contributed by atoms with Crippen molar-refractivity contribution in [1.29, 1.82) is 0 Å². The third-order valence-corrected chi connectivity index (χ3v) is 5.08. The number of esters is 1. The van der Waals surface area contributed by atoms with E-state index in [1.807, 2.05) is 31.2 Å². The van der Waals surface area contributed by atoms with Crippen molar-refractivity contribution < 1.29 is 23.8 Å². The van der Waals surface area contributed by atoms with E-state index < -0.39 is 5.97 Å². The number of rotatable bonds is 6. The fourth-order valence-electron chi connectivity index (χ4n) is 3.40. The number of aryl methyl sites for hydroxylation is 1. The Morgan fingerprint density at radius 2 is 1.63 bits per heavy atom. The van der Waals surface area contributed by atoms with Gasteiger partial charge in [0.05, 0.1) is 39.0 Å². The molecule has 0 saturated carbocycles. The highest BCUT2D eigenvalue weighted by Crippen LogP contribution is 2.34. The van der Waals surface area contributed by atoms with Gasteiger partial charge in [0, 0.05) is 5.70 Å². The van der Waals surface area contributed by atoms with E-state index >= 15 is 0 Å². The van der Waals surface area contributed by atoms with Crippen LogP contribution in [-0.4, -0.2) is 38.1 Å². The molecular formula is C24H25NO5. The summed E-state index contributed by atoms with van der Waals surface area (Å²) in [5.41, 5.74) is 3.96. The van der Waals surface area contributed by atoms with E-state index in [9.17, 15) is 9.59 Å². The molecule has 0 spiro atoms. The average Bonchev–Trinajstić information content (AvgIpc) is 2.98. The van der Waals surface area contributed by atoms with Gasteiger partial charge in [-0.05, 0) is 43.2 Å². The first kappa shape index (κ1) is 21.2. The molecule has 0 aliphatic carbocycles. The Bertz CT molecular complexity index is 1030. The summed E-state index contributed by atoms with van der Waals surface area (Å²) in [5.74, 6) is 0.328. The van der Waals surface area contributed by atoms with E-state index in [0.29, 0.717) is 34.9 Å². The summed E-state index contributed by atoms with van der Waals surface area (Å²) >= 11 is 0. The molecule has 1 amide bonds. The van der Waals surface area contributed by atoms with Gasteiger partial charge in [-0.2, -0.15) is 0 Å². The number of methoxy groups -OCH3 is 3. The van der Waals surface area contributed by atoms with Crippen LogP contribution < -0.4 is 9.47 Å². The van der Waals surface area contributed by atoms with Gasteiger partial charge in [0.25, 0.3) is 5.91 Å². The van der Waals surface area contributed by atoms with Gasteiger partial charge >= 0.3 is 5.97 Å². The normalized spacial score (nSPS) is 15.0. The van der Waals surface area contributed by atoms with Gasteiger partial charge in [-0.3, -0.25) is 4.79 Å². The van der Waals surface area contributed by atoms with Crippen molar-refractivity contribution >= 4 is 18.0 Å². The summed E-state index contributed by atoms with van der Waals surface area (Å²) in [4.78, 5) is 27.3. The number of carbonyl (C=O) groups is 2. The molecule has 0 saturated heterocycles. The quantitative estimate of drug-likeness (QED) is 0.537. The van der Waals surface area contributed by atoms with Crippen molar-refractivity contribution in [1.82, 2.24) is 4.90 Å². The lowest BCUT2D eigenvalue weighted by molar-refractivity contribution is -0.136. The summed E-state index contributed by atoms with van der Waals surface area (Å²) in [6.07, 6.45) is 1.68. The first-order valence-corrected chi connectivity index (χ1v) is 9.50. The number of allylic oxidation sites excluding steroid dienone is 1. The first-order valence-electron chi connectivity index (χ1n) is 9.50. The molecule has 6 heteroatoms. The number of carbonyl (C=O) groups excluding carboxylic acids is 2. The van der Waals surface area contributed by atoms with Crippen molar-refractivity contribution in [2.24, 2.45) is 0 Å². The van der Waals surface area contributed by atoms with Crippen molar-refractivity contribution in [3.63, 3.8) is 0 Å². The van der Waals surface area contributed by atoms with Crippen molar-refractivity contribution in [2.75, 3.05) is 21.3 Å². The summed E-state index contributed by atoms with van der Waals surface area (Å²) in [6.45, 7) is 4.14. The fraction of sp³-hybridized carbons (Fsp3) is 0.250. The minimum atomic E-state index is -0.543. The van der Waals surface area contributed by atoms with Crippen molar-refractivity contribution in [3.8, 4) is 11.5 Å². The number of hydrogen-bond donors (Lipinski definition) is 0. The van der Waals surface area contributed by atoms with Crippen LogP contribution in [0, 0.1) is 6.92 Å². The van der Waals surface area contributed by atoms with Crippen LogP contribution in [0.15, 0.2) is 59.3 Å². The van der Waals surface area contributed by atoms with Crippen molar-refractivity contribution in [2.45, 2.75) is 20.4 Å². The lowest BCUT2D eigenvalue weighted by Crippen LogP contribution is -2.24. The predicted molar refractivity (Wildman–Crippen MR) is 114 cm³/mol. The third kappa shape index (κ3) is 4.08. The second-order valence-electron chi connectivity index (χ2n) is 7.00. The standard InChI is InChI=1S/C24H25NO5/c1-15-6-8-17(9-7-15)14-25-16(2)22(24(27)30-5)19(23(25)26)12-18-10-11-20(28-3)21(13-18)29-4/h6-13H,14H2,1-5H3/b19-12-. The summed E-state index contributed by atoms with van der Waals surface area (Å²) in [5, 5.41) is 0. The van der Waals surface area contributed by atoms with Gasteiger partial charge in [0.1, 0.15) is 0 Å². The molecule has 0 radical (unpaired) electrons. The van der Waals surface area contributed by atoms with E-state index in [4.69, 9.17) is 14.2 Å². The minimum absolute atomic E-state index is 0.247. The number of benzene rings is 2. The number of nitrogens with zero attached hydrogens (tertiary/aromatic N) is 1. The molecule has 1 aliphatic heterocycles. The second-order valence-corrected chi connectivity index (χ2v) is 7.00. The van der Waals surface area contributed by atoms with Gasteiger partial charge < -0.3 is 19.1 Å². The third-order valence-electron chi connectivity index (χ3n) is 5.08. The van der Waals surface area contributed by atoms with Gasteiger partial charge in [0.2, 0.25) is 0 Å². The number of amides is 1. The van der Waals surface area contributed by atoms with Gasteiger partial charge in [-0.25, -0.2) is 4.79 Å². The molecule has 0 aromatic heterocycles. The zero-order valence-corrected chi connectivity index (χ0v) is 17.8. The van der Waals surface area contributed by atoms with E-state index in [1.54, 1.807) is 50.3 Å². The molecule has 3 rings (SSSR count). The average molecular weight is 407 g/mol. The smallest absolute Gasteiger partial charge is 0.340 e. The molecule has 1 aliphatic rings. The Balaban J connectivity index is 2.02. The Kier molecular flexibility index (Phi) is 6.26. The maximum Gasteiger partial charge on any atom is 0.340 e. The Morgan fingerprint density at radius 3 is 2.23 bits per heavy atom. The first-order chi connectivity index (χ1) is 14.4. The highest BCUT2D eigenvalue weighted by atomic mass is 16.5. The van der Waals surface area contributed by atoms with E-state index in [-0.39, 0.29) is 11.5 Å². The summed E-state index contributed by atoms with van der Waals surface area (Å²) in [7, 11) is 4.41. The van der Waals surface area contributed by atoms with Crippen LogP contribution >= 0.6 is 0 Å². The Hall–Kier alpha value is -3.54. The van der Waals surface area contributed by atoms with Crippen LogP contribution in [0.4, 0.5) is 0 Å². The summed E-state index contributed by atoms with van der Waals surface area (Å²) in [6, 6.07) is 13.3. The maximum absolute atomic E-state index is 13.3. The minimum Gasteiger partial charge on any atom is -0.493 e. The Labute approximate surface area is 176 Å². The fourth-order valence-corrected chi connectivity index (χ4v) is 3.40. The molecule has 6 nitrogen and oxygen atoms in total. The molecule has 30 heavy (non-hydrogen) atoms. The van der Waals surface area contributed by atoms with Crippen molar-refractivity contribution in [3.05, 3.63) is 76.0 Å². The molecule has 0 fully saturated rings. The SMILES string of the molecule is COC(=O)C1=C(C)N(Cc2ccc(C)cc2)C(=O)/C1=C\c1ccc(OC)c(OC)c1. The second kappa shape index (κ2) is 8.86. The van der Waals surface area contributed by atoms with Crippen LogP contribution in [0.1, 0.15) is 23.6 Å². The monoisotopic (exact) mass is 407 g/mol. The lowest BCUT2D eigenvalue weighted by atomic mass is 10.0. The van der Waals surface area contributed by atoms with Crippen LogP contribution in [0.3, 0.4) is 0 Å². The maximum atomic E-state index is 13.3. The Morgan fingerprint density at radius 1 is 0.967 bits per heavy atom. The zero-order valence-electron chi connectivity index (χ0n) is 17.8. The van der Waals surface area contributed by atoms with E-state index in [0.717, 1.165) is 11.1 Å². The topological polar surface area (TPSA) is 65.1 Å². The molecule has 0 unspecified atom stereocenters. The van der Waals surface area contributed by atoms with E-state index in [1.165, 1.54) is 7.11 Å². The van der Waals surface area contributed by atoms with Gasteiger partial charge in [-0.15, -0.1) is 0 Å². The molecule has 1 heterocycles. The van der Waals surface area contributed by atoms with Crippen LogP contribution in [-0.2, 0) is 20.9 Å². The zero-order chi connectivity index (χ0) is 21.8. The molecule has 0 N–H and O–H groups in total. The molecule has 2 aromatic rings. The van der Waals surface area contributed by atoms with Crippen LogP contribution in [0.5, 0.6) is 11.5 Å². The lowest BCUT2D eigenvalue weighted by Gasteiger charge is -2.18. The van der Waals surface area contributed by atoms with E-state index in [2.05, 4.69) is 0 Å². The highest BCUT2D eigenvalue weighted by Gasteiger charge is 2.37. The molecule has 0 atom stereocenters. The van der Waals surface area contributed by atoms with Gasteiger partial charge in [0.15, 0.2) is 11.5 Å². The summed E-state index contributed by atoms with van der Waals surface area (Å²) < 4.78 is 15.6. The molecule has 0 bridgehead atoms. The molecular weight excluding hydrogens is 382 g/mol.